The van der Waals surface area contributed by atoms with Crippen molar-refractivity contribution in [3.05, 3.63) is 58.2 Å². The predicted octanol–water partition coefficient (Wildman–Crippen LogP) is 4.06. The lowest BCUT2D eigenvalue weighted by Gasteiger charge is -2.28. The number of amides is 1. The molecule has 0 bridgehead atoms. The number of halogens is 1. The molecule has 0 unspecified atom stereocenters. The van der Waals surface area contributed by atoms with E-state index >= 15 is 0 Å². The van der Waals surface area contributed by atoms with Crippen LogP contribution in [-0.2, 0) is 23.0 Å². The highest BCUT2D eigenvalue weighted by Gasteiger charge is 2.29. The van der Waals surface area contributed by atoms with Gasteiger partial charge in [-0.05, 0) is 36.4 Å². The molecule has 0 spiro atoms. The zero-order chi connectivity index (χ0) is 23.0. The Bertz CT molecular complexity index is 1280. The van der Waals surface area contributed by atoms with Crippen LogP contribution < -0.4 is 4.74 Å². The van der Waals surface area contributed by atoms with Crippen LogP contribution in [0.25, 0.3) is 10.9 Å². The summed E-state index contributed by atoms with van der Waals surface area (Å²) in [5.74, 6) is 0.00586. The number of aromatic amines is 1. The molecule has 0 atom stereocenters. The van der Waals surface area contributed by atoms with Gasteiger partial charge in [0.15, 0.2) is 0 Å². The summed E-state index contributed by atoms with van der Waals surface area (Å²) in [6.45, 7) is 5.19. The second-order valence-electron chi connectivity index (χ2n) is 7.70. The number of hydrogen-bond donors (Lipinski definition) is 1. The monoisotopic (exact) mass is 475 g/mol. The van der Waals surface area contributed by atoms with Gasteiger partial charge in [-0.25, -0.2) is 8.42 Å². The van der Waals surface area contributed by atoms with Gasteiger partial charge in [0.2, 0.25) is 10.0 Å². The number of nitrogens with one attached hydrogen (secondary N) is 1. The first-order valence-electron chi connectivity index (χ1n) is 10.6. The van der Waals surface area contributed by atoms with E-state index < -0.39 is 10.0 Å². The number of carbonyl (C=O) groups excluding carboxylic acids is 1. The summed E-state index contributed by atoms with van der Waals surface area (Å²) in [6, 6.07) is 10.3. The van der Waals surface area contributed by atoms with Gasteiger partial charge in [0.1, 0.15) is 10.6 Å². The SMILES string of the molecule is CCN(CC)S(=O)(=O)c1cc(C(=O)N2CCc3[nH]c4ccc(Cl)cc4c3C2)ccc1OC. The summed E-state index contributed by atoms with van der Waals surface area (Å²) in [6.07, 6.45) is 0.689. The van der Waals surface area contributed by atoms with Crippen molar-refractivity contribution in [2.75, 3.05) is 26.7 Å². The molecule has 1 amide bonds. The molecule has 0 saturated carbocycles. The molecule has 0 fully saturated rings. The molecular weight excluding hydrogens is 450 g/mol. The zero-order valence-corrected chi connectivity index (χ0v) is 19.9. The van der Waals surface area contributed by atoms with Gasteiger partial charge in [0.25, 0.3) is 5.91 Å². The summed E-state index contributed by atoms with van der Waals surface area (Å²) in [5.41, 5.74) is 3.46. The molecule has 0 aliphatic carbocycles. The number of benzene rings is 2. The maximum atomic E-state index is 13.4. The van der Waals surface area contributed by atoms with Crippen molar-refractivity contribution in [2.24, 2.45) is 0 Å². The highest BCUT2D eigenvalue weighted by molar-refractivity contribution is 7.89. The van der Waals surface area contributed by atoms with E-state index in [1.54, 1.807) is 30.9 Å². The van der Waals surface area contributed by atoms with Crippen molar-refractivity contribution in [1.82, 2.24) is 14.2 Å². The van der Waals surface area contributed by atoms with Crippen molar-refractivity contribution in [1.29, 1.82) is 0 Å². The van der Waals surface area contributed by atoms with Crippen LogP contribution in [-0.4, -0.2) is 55.3 Å². The summed E-state index contributed by atoms with van der Waals surface area (Å²) in [5, 5.41) is 1.65. The third-order valence-corrected chi connectivity index (χ3v) is 8.26. The molecular formula is C23H26ClN3O4S. The van der Waals surface area contributed by atoms with Crippen LogP contribution in [0.3, 0.4) is 0 Å². The predicted molar refractivity (Wildman–Crippen MR) is 125 cm³/mol. The number of rotatable bonds is 6. The number of fused-ring (bicyclic) bond motifs is 3. The molecule has 0 radical (unpaired) electrons. The third kappa shape index (κ3) is 3.87. The Hall–Kier alpha value is -2.55. The van der Waals surface area contributed by atoms with Gasteiger partial charge >= 0.3 is 0 Å². The van der Waals surface area contributed by atoms with Crippen LogP contribution in [0.15, 0.2) is 41.3 Å². The van der Waals surface area contributed by atoms with Crippen molar-refractivity contribution >= 4 is 38.4 Å². The highest BCUT2D eigenvalue weighted by Crippen LogP contribution is 2.32. The fourth-order valence-electron chi connectivity index (χ4n) is 4.26. The first-order chi connectivity index (χ1) is 15.3. The number of methoxy groups -OCH3 is 1. The first kappa shape index (κ1) is 22.6. The number of aromatic nitrogens is 1. The number of sulfonamides is 1. The van der Waals surface area contributed by atoms with E-state index in [0.717, 1.165) is 22.2 Å². The number of H-pyrrole nitrogens is 1. The van der Waals surface area contributed by atoms with E-state index in [-0.39, 0.29) is 16.6 Å². The van der Waals surface area contributed by atoms with Crippen LogP contribution in [0.4, 0.5) is 0 Å². The quantitative estimate of drug-likeness (QED) is 0.582. The van der Waals surface area contributed by atoms with Crippen molar-refractivity contribution in [3.8, 4) is 5.75 Å². The minimum Gasteiger partial charge on any atom is -0.495 e. The minimum atomic E-state index is -3.79. The Balaban J connectivity index is 1.69. The van der Waals surface area contributed by atoms with Gasteiger partial charge in [-0.3, -0.25) is 4.79 Å². The first-order valence-corrected chi connectivity index (χ1v) is 12.4. The molecule has 9 heteroatoms. The standard InChI is InChI=1S/C23H26ClN3O4S/c1-4-27(5-2)32(29,30)22-12-15(6-9-21(22)31-3)23(28)26-11-10-20-18(14-26)17-13-16(24)7-8-19(17)25-20/h6-9,12-13,25H,4-5,10-11,14H2,1-3H3. The smallest absolute Gasteiger partial charge is 0.254 e. The topological polar surface area (TPSA) is 82.7 Å². The summed E-state index contributed by atoms with van der Waals surface area (Å²) in [7, 11) is -2.36. The van der Waals surface area contributed by atoms with Crippen LogP contribution in [0.1, 0.15) is 35.5 Å². The Kier molecular flexibility index (Phi) is 6.20. The fourth-order valence-corrected chi connectivity index (χ4v) is 6.07. The van der Waals surface area contributed by atoms with Gasteiger partial charge in [-0.1, -0.05) is 25.4 Å². The van der Waals surface area contributed by atoms with Gasteiger partial charge in [0.05, 0.1) is 7.11 Å². The van der Waals surface area contributed by atoms with Crippen molar-refractivity contribution < 1.29 is 17.9 Å². The largest absolute Gasteiger partial charge is 0.495 e. The van der Waals surface area contributed by atoms with E-state index in [0.29, 0.717) is 43.2 Å². The maximum absolute atomic E-state index is 13.4. The molecule has 32 heavy (non-hydrogen) atoms. The van der Waals surface area contributed by atoms with E-state index in [4.69, 9.17) is 16.3 Å². The molecule has 1 aliphatic heterocycles. The molecule has 0 saturated heterocycles. The Morgan fingerprint density at radius 2 is 1.94 bits per heavy atom. The van der Waals surface area contributed by atoms with Crippen molar-refractivity contribution in [3.63, 3.8) is 0 Å². The maximum Gasteiger partial charge on any atom is 0.254 e. The van der Waals surface area contributed by atoms with Gasteiger partial charge in [0, 0.05) is 65.3 Å². The number of nitrogens with zero attached hydrogens (tertiary/aromatic N) is 2. The second-order valence-corrected chi connectivity index (χ2v) is 10.0. The normalized spacial score (nSPS) is 14.1. The molecule has 1 N–H and O–H groups in total. The molecule has 3 aromatic rings. The lowest BCUT2D eigenvalue weighted by atomic mass is 10.0. The third-order valence-electron chi connectivity index (χ3n) is 5.96. The Morgan fingerprint density at radius 1 is 1.19 bits per heavy atom. The fraction of sp³-hybridized carbons (Fsp3) is 0.348. The Labute approximate surface area is 193 Å². The van der Waals surface area contributed by atoms with Gasteiger partial charge in [-0.2, -0.15) is 4.31 Å². The molecule has 4 rings (SSSR count). The molecule has 1 aliphatic rings. The molecule has 2 aromatic carbocycles. The molecule has 7 nitrogen and oxygen atoms in total. The summed E-state index contributed by atoms with van der Waals surface area (Å²) < 4.78 is 32.9. The number of hydrogen-bond acceptors (Lipinski definition) is 4. The number of carbonyl (C=O) groups is 1. The lowest BCUT2D eigenvalue weighted by molar-refractivity contribution is 0.0735. The van der Waals surface area contributed by atoms with Gasteiger partial charge in [-0.15, -0.1) is 0 Å². The lowest BCUT2D eigenvalue weighted by Crippen LogP contribution is -2.36. The highest BCUT2D eigenvalue weighted by atomic mass is 35.5. The van der Waals surface area contributed by atoms with Crippen LogP contribution in [0.2, 0.25) is 5.02 Å². The van der Waals surface area contributed by atoms with Crippen LogP contribution in [0.5, 0.6) is 5.75 Å². The summed E-state index contributed by atoms with van der Waals surface area (Å²) in [4.78, 5) is 18.5. The average Bonchev–Trinajstić information content (AvgIpc) is 3.15. The van der Waals surface area contributed by atoms with E-state index in [2.05, 4.69) is 4.98 Å². The van der Waals surface area contributed by atoms with Crippen LogP contribution in [0, 0.1) is 0 Å². The van der Waals surface area contributed by atoms with E-state index in [1.165, 1.54) is 17.5 Å². The number of ether oxygens (including phenoxy) is 1. The van der Waals surface area contributed by atoms with E-state index in [1.807, 2.05) is 18.2 Å². The Morgan fingerprint density at radius 3 is 2.62 bits per heavy atom. The second kappa shape index (κ2) is 8.77. The average molecular weight is 476 g/mol. The van der Waals surface area contributed by atoms with Crippen molar-refractivity contribution in [2.45, 2.75) is 31.7 Å². The zero-order valence-electron chi connectivity index (χ0n) is 18.3. The molecule has 2 heterocycles. The van der Waals surface area contributed by atoms with E-state index in [9.17, 15) is 13.2 Å². The van der Waals surface area contributed by atoms with Gasteiger partial charge < -0.3 is 14.6 Å². The molecule has 170 valence electrons. The molecule has 1 aromatic heterocycles. The van der Waals surface area contributed by atoms with Crippen LogP contribution >= 0.6 is 11.6 Å². The minimum absolute atomic E-state index is 0.00567. The summed E-state index contributed by atoms with van der Waals surface area (Å²) >= 11 is 6.18.